The predicted molar refractivity (Wildman–Crippen MR) is 86.1 cm³/mol. The Kier molecular flexibility index (Phi) is 4.28. The van der Waals surface area contributed by atoms with Gasteiger partial charge in [0.15, 0.2) is 0 Å². The van der Waals surface area contributed by atoms with Crippen LogP contribution in [0, 0.1) is 0 Å². The molecule has 0 saturated carbocycles. The molecule has 0 amide bonds. The Morgan fingerprint density at radius 1 is 1.15 bits per heavy atom. The van der Waals surface area contributed by atoms with E-state index in [2.05, 4.69) is 53.8 Å². The molecule has 0 aliphatic carbocycles. The molecule has 1 aliphatic heterocycles. The summed E-state index contributed by atoms with van der Waals surface area (Å²) in [6.07, 6.45) is 0. The van der Waals surface area contributed by atoms with Crippen molar-refractivity contribution in [2.45, 2.75) is 18.4 Å². The molecule has 3 heteroatoms. The maximum atomic E-state index is 5.28. The molecule has 0 fully saturated rings. The van der Waals surface area contributed by atoms with Crippen molar-refractivity contribution in [3.8, 4) is 0 Å². The average molecular weight is 285 g/mol. The fourth-order valence-electron chi connectivity index (χ4n) is 2.63. The molecular formula is C17H19NOS. The molecule has 20 heavy (non-hydrogen) atoms. The van der Waals surface area contributed by atoms with Crippen LogP contribution in [0.5, 0.6) is 0 Å². The minimum atomic E-state index is 0.378. The van der Waals surface area contributed by atoms with Gasteiger partial charge in [-0.1, -0.05) is 42.5 Å². The SMILES string of the molecule is COCc1ccccc1NC1CSCc2ccccc21. The van der Waals surface area contributed by atoms with Crippen LogP contribution in [0.4, 0.5) is 5.69 Å². The molecule has 0 bridgehead atoms. The number of para-hydroxylation sites is 1. The van der Waals surface area contributed by atoms with E-state index in [0.717, 1.165) is 11.5 Å². The average Bonchev–Trinajstić information content (AvgIpc) is 2.50. The summed E-state index contributed by atoms with van der Waals surface area (Å²) >= 11 is 1.99. The molecule has 1 atom stereocenters. The van der Waals surface area contributed by atoms with Crippen LogP contribution in [0.2, 0.25) is 0 Å². The molecule has 1 aliphatic rings. The first-order valence-electron chi connectivity index (χ1n) is 6.87. The second kappa shape index (κ2) is 6.33. The highest BCUT2D eigenvalue weighted by Crippen LogP contribution is 2.34. The van der Waals surface area contributed by atoms with Crippen molar-refractivity contribution in [1.29, 1.82) is 0 Å². The largest absolute Gasteiger partial charge is 0.380 e. The van der Waals surface area contributed by atoms with E-state index < -0.39 is 0 Å². The number of benzene rings is 2. The maximum Gasteiger partial charge on any atom is 0.0733 e. The number of fused-ring (bicyclic) bond motifs is 1. The number of ether oxygens (including phenoxy) is 1. The Hall–Kier alpha value is -1.45. The van der Waals surface area contributed by atoms with Gasteiger partial charge in [0.1, 0.15) is 0 Å². The van der Waals surface area contributed by atoms with Gasteiger partial charge >= 0.3 is 0 Å². The Bertz CT molecular complexity index is 585. The first-order valence-corrected chi connectivity index (χ1v) is 8.03. The first kappa shape index (κ1) is 13.5. The van der Waals surface area contributed by atoms with Crippen molar-refractivity contribution in [1.82, 2.24) is 0 Å². The van der Waals surface area contributed by atoms with E-state index >= 15 is 0 Å². The van der Waals surface area contributed by atoms with Crippen LogP contribution in [0.25, 0.3) is 0 Å². The monoisotopic (exact) mass is 285 g/mol. The fraction of sp³-hybridized carbons (Fsp3) is 0.294. The van der Waals surface area contributed by atoms with Crippen molar-refractivity contribution in [3.63, 3.8) is 0 Å². The summed E-state index contributed by atoms with van der Waals surface area (Å²) in [5.41, 5.74) is 5.27. The van der Waals surface area contributed by atoms with E-state index in [1.807, 2.05) is 11.8 Å². The summed E-state index contributed by atoms with van der Waals surface area (Å²) in [5, 5.41) is 3.69. The molecule has 2 nitrogen and oxygen atoms in total. The summed E-state index contributed by atoms with van der Waals surface area (Å²) in [7, 11) is 1.74. The number of nitrogens with one attached hydrogen (secondary N) is 1. The summed E-state index contributed by atoms with van der Waals surface area (Å²) < 4.78 is 5.28. The van der Waals surface area contributed by atoms with Gasteiger partial charge in [-0.2, -0.15) is 11.8 Å². The van der Waals surface area contributed by atoms with E-state index in [4.69, 9.17) is 4.74 Å². The lowest BCUT2D eigenvalue weighted by Gasteiger charge is -2.27. The number of thioether (sulfide) groups is 1. The normalized spacial score (nSPS) is 17.6. The van der Waals surface area contributed by atoms with Gasteiger partial charge in [-0.15, -0.1) is 0 Å². The third-order valence-electron chi connectivity index (χ3n) is 3.62. The van der Waals surface area contributed by atoms with Crippen LogP contribution in [-0.2, 0) is 17.1 Å². The van der Waals surface area contributed by atoms with E-state index in [1.54, 1.807) is 7.11 Å². The van der Waals surface area contributed by atoms with E-state index in [9.17, 15) is 0 Å². The fourth-order valence-corrected chi connectivity index (χ4v) is 3.73. The Balaban J connectivity index is 1.86. The highest BCUT2D eigenvalue weighted by molar-refractivity contribution is 7.98. The Morgan fingerprint density at radius 2 is 1.95 bits per heavy atom. The molecule has 1 N–H and O–H groups in total. The van der Waals surface area contributed by atoms with Crippen LogP contribution in [-0.4, -0.2) is 12.9 Å². The number of methoxy groups -OCH3 is 1. The molecule has 0 radical (unpaired) electrons. The smallest absolute Gasteiger partial charge is 0.0733 e. The molecular weight excluding hydrogens is 266 g/mol. The quantitative estimate of drug-likeness (QED) is 0.908. The Morgan fingerprint density at radius 3 is 2.85 bits per heavy atom. The van der Waals surface area contributed by atoms with Gasteiger partial charge in [0.2, 0.25) is 0 Å². The van der Waals surface area contributed by atoms with E-state index in [0.29, 0.717) is 12.6 Å². The van der Waals surface area contributed by atoms with Gasteiger partial charge < -0.3 is 10.1 Å². The van der Waals surface area contributed by atoms with Crippen LogP contribution in [0.1, 0.15) is 22.7 Å². The van der Waals surface area contributed by atoms with Crippen molar-refractivity contribution in [2.24, 2.45) is 0 Å². The molecule has 2 aromatic carbocycles. The van der Waals surface area contributed by atoms with Gasteiger partial charge in [0.05, 0.1) is 12.6 Å². The highest BCUT2D eigenvalue weighted by atomic mass is 32.2. The van der Waals surface area contributed by atoms with Crippen molar-refractivity contribution < 1.29 is 4.74 Å². The first-order chi connectivity index (χ1) is 9.88. The molecule has 0 spiro atoms. The minimum absolute atomic E-state index is 0.378. The Labute approximate surface area is 124 Å². The van der Waals surface area contributed by atoms with Crippen molar-refractivity contribution in [2.75, 3.05) is 18.2 Å². The van der Waals surface area contributed by atoms with E-state index in [-0.39, 0.29) is 0 Å². The zero-order chi connectivity index (χ0) is 13.8. The number of rotatable bonds is 4. The standard InChI is InChI=1S/C17H19NOS/c1-19-10-13-6-3-5-9-16(13)18-17-12-20-11-14-7-2-4-8-15(14)17/h2-9,17-18H,10-12H2,1H3. The molecule has 1 heterocycles. The second-order valence-electron chi connectivity index (χ2n) is 5.00. The molecule has 2 aromatic rings. The highest BCUT2D eigenvalue weighted by Gasteiger charge is 2.20. The summed E-state index contributed by atoms with van der Waals surface area (Å²) in [6.45, 7) is 0.644. The van der Waals surface area contributed by atoms with Crippen LogP contribution in [0.3, 0.4) is 0 Å². The van der Waals surface area contributed by atoms with Gasteiger partial charge in [-0.3, -0.25) is 0 Å². The third-order valence-corrected chi connectivity index (χ3v) is 4.70. The lowest BCUT2D eigenvalue weighted by molar-refractivity contribution is 0.185. The van der Waals surface area contributed by atoms with Crippen LogP contribution >= 0.6 is 11.8 Å². The zero-order valence-corrected chi connectivity index (χ0v) is 12.5. The van der Waals surface area contributed by atoms with Gasteiger partial charge in [-0.25, -0.2) is 0 Å². The molecule has 104 valence electrons. The third kappa shape index (κ3) is 2.84. The number of hydrogen-bond acceptors (Lipinski definition) is 3. The maximum absolute atomic E-state index is 5.28. The van der Waals surface area contributed by atoms with Gasteiger partial charge in [0.25, 0.3) is 0 Å². The molecule has 3 rings (SSSR count). The van der Waals surface area contributed by atoms with E-state index in [1.165, 1.54) is 22.4 Å². The summed E-state index contributed by atoms with van der Waals surface area (Å²) in [6, 6.07) is 17.5. The predicted octanol–water partition coefficient (Wildman–Crippen LogP) is 4.23. The molecule has 1 unspecified atom stereocenters. The lowest BCUT2D eigenvalue weighted by Crippen LogP contribution is -2.19. The zero-order valence-electron chi connectivity index (χ0n) is 11.6. The van der Waals surface area contributed by atoms with Crippen LogP contribution < -0.4 is 5.32 Å². The number of anilines is 1. The second-order valence-corrected chi connectivity index (χ2v) is 6.03. The van der Waals surface area contributed by atoms with Crippen molar-refractivity contribution in [3.05, 3.63) is 65.2 Å². The van der Waals surface area contributed by atoms with Crippen LogP contribution in [0.15, 0.2) is 48.5 Å². The summed E-state index contributed by atoms with van der Waals surface area (Å²) in [5.74, 6) is 2.23. The minimum Gasteiger partial charge on any atom is -0.380 e. The topological polar surface area (TPSA) is 21.3 Å². The lowest BCUT2D eigenvalue weighted by atomic mass is 10.0. The summed E-state index contributed by atoms with van der Waals surface area (Å²) in [4.78, 5) is 0. The molecule has 0 aromatic heterocycles. The molecule has 0 saturated heterocycles. The van der Waals surface area contributed by atoms with Gasteiger partial charge in [-0.05, 0) is 17.2 Å². The number of hydrogen-bond donors (Lipinski definition) is 1. The van der Waals surface area contributed by atoms with Gasteiger partial charge in [0, 0.05) is 29.9 Å². The van der Waals surface area contributed by atoms with Crippen molar-refractivity contribution >= 4 is 17.4 Å².